The summed E-state index contributed by atoms with van der Waals surface area (Å²) in [6, 6.07) is 5.05. The van der Waals surface area contributed by atoms with Gasteiger partial charge in [-0.15, -0.1) is 11.6 Å². The average Bonchev–Trinajstić information content (AvgIpc) is 3.06. The summed E-state index contributed by atoms with van der Waals surface area (Å²) in [5, 5.41) is 0. The summed E-state index contributed by atoms with van der Waals surface area (Å²) >= 11 is 6.10. The van der Waals surface area contributed by atoms with Gasteiger partial charge in [0, 0.05) is 5.88 Å². The lowest BCUT2D eigenvalue weighted by atomic mass is 9.80. The number of hydrogen-bond acceptors (Lipinski definition) is 0. The third-order valence-corrected chi connectivity index (χ3v) is 4.38. The molecule has 1 saturated carbocycles. The van der Waals surface area contributed by atoms with Crippen LogP contribution >= 0.6 is 11.6 Å². The highest BCUT2D eigenvalue weighted by Gasteiger charge is 2.40. The molecular weight excluding hydrogens is 223 g/mol. The molecule has 2 heteroatoms. The lowest BCUT2D eigenvalue weighted by molar-refractivity contribution is 0.313. The second-order valence-electron chi connectivity index (χ2n) is 5.31. The van der Waals surface area contributed by atoms with Gasteiger partial charge in [0.2, 0.25) is 0 Å². The van der Waals surface area contributed by atoms with Crippen molar-refractivity contribution in [2.24, 2.45) is 11.3 Å². The van der Waals surface area contributed by atoms with Crippen molar-refractivity contribution in [1.29, 1.82) is 0 Å². The number of alkyl halides is 1. The van der Waals surface area contributed by atoms with Crippen molar-refractivity contribution >= 4 is 11.6 Å². The quantitative estimate of drug-likeness (QED) is 0.687. The van der Waals surface area contributed by atoms with Crippen molar-refractivity contribution in [2.45, 2.75) is 33.1 Å². The maximum Gasteiger partial charge on any atom is 0.123 e. The van der Waals surface area contributed by atoms with Crippen LogP contribution in [-0.4, -0.2) is 5.88 Å². The van der Waals surface area contributed by atoms with Crippen LogP contribution in [0, 0.1) is 24.1 Å². The van der Waals surface area contributed by atoms with Crippen molar-refractivity contribution in [3.05, 3.63) is 35.1 Å². The predicted octanol–water partition coefficient (Wildman–Crippen LogP) is 4.33. The minimum atomic E-state index is -0.153. The number of rotatable bonds is 4. The standard InChI is InChI=1S/C14H18ClF/c1-10-7-13(16)6-3-11(10)8-14(2,9-15)12-4-5-12/h3,6-7,12H,4-5,8-9H2,1-2H3. The van der Waals surface area contributed by atoms with E-state index in [1.165, 1.54) is 18.4 Å². The smallest absolute Gasteiger partial charge is 0.123 e. The van der Waals surface area contributed by atoms with Crippen molar-refractivity contribution in [2.75, 3.05) is 5.88 Å². The SMILES string of the molecule is Cc1cc(F)ccc1CC(C)(CCl)C1CC1. The fraction of sp³-hybridized carbons (Fsp3) is 0.571. The van der Waals surface area contributed by atoms with E-state index in [1.807, 2.05) is 13.0 Å². The maximum atomic E-state index is 13.0. The van der Waals surface area contributed by atoms with Crippen LogP contribution in [0.1, 0.15) is 30.9 Å². The molecule has 16 heavy (non-hydrogen) atoms. The van der Waals surface area contributed by atoms with E-state index in [1.54, 1.807) is 12.1 Å². The third kappa shape index (κ3) is 2.40. The van der Waals surface area contributed by atoms with E-state index in [9.17, 15) is 4.39 Å². The summed E-state index contributed by atoms with van der Waals surface area (Å²) in [6.45, 7) is 4.22. The van der Waals surface area contributed by atoms with E-state index in [4.69, 9.17) is 11.6 Å². The molecule has 2 rings (SSSR count). The zero-order valence-corrected chi connectivity index (χ0v) is 10.6. The summed E-state index contributed by atoms with van der Waals surface area (Å²) in [5.74, 6) is 1.30. The van der Waals surface area contributed by atoms with Crippen molar-refractivity contribution in [1.82, 2.24) is 0 Å². The Hall–Kier alpha value is -0.560. The first-order chi connectivity index (χ1) is 7.55. The zero-order chi connectivity index (χ0) is 11.8. The van der Waals surface area contributed by atoms with Gasteiger partial charge in [0.1, 0.15) is 5.82 Å². The second-order valence-corrected chi connectivity index (χ2v) is 5.58. The first-order valence-corrected chi connectivity index (χ1v) is 6.39. The van der Waals surface area contributed by atoms with E-state index >= 15 is 0 Å². The highest BCUT2D eigenvalue weighted by molar-refractivity contribution is 6.18. The molecule has 0 heterocycles. The van der Waals surface area contributed by atoms with Crippen LogP contribution in [0.3, 0.4) is 0 Å². The Morgan fingerprint density at radius 2 is 2.12 bits per heavy atom. The van der Waals surface area contributed by atoms with Crippen LogP contribution < -0.4 is 0 Å². The molecule has 1 aromatic rings. The predicted molar refractivity (Wildman–Crippen MR) is 66.4 cm³/mol. The fourth-order valence-electron chi connectivity index (χ4n) is 2.37. The first kappa shape index (κ1) is 11.9. The Morgan fingerprint density at radius 3 is 2.62 bits per heavy atom. The molecule has 1 aliphatic carbocycles. The molecule has 0 N–H and O–H groups in total. The summed E-state index contributed by atoms with van der Waals surface area (Å²) in [5.41, 5.74) is 2.46. The Labute approximate surface area is 102 Å². The Bertz CT molecular complexity index is 384. The van der Waals surface area contributed by atoms with Crippen molar-refractivity contribution in [3.63, 3.8) is 0 Å². The van der Waals surface area contributed by atoms with Gasteiger partial charge in [-0.2, -0.15) is 0 Å². The summed E-state index contributed by atoms with van der Waals surface area (Å²) in [7, 11) is 0. The van der Waals surface area contributed by atoms with Crippen molar-refractivity contribution in [3.8, 4) is 0 Å². The monoisotopic (exact) mass is 240 g/mol. The molecule has 0 nitrogen and oxygen atoms in total. The molecule has 0 amide bonds. The van der Waals surface area contributed by atoms with Crippen molar-refractivity contribution < 1.29 is 4.39 Å². The molecular formula is C14H18ClF. The van der Waals surface area contributed by atoms with Gasteiger partial charge in [-0.3, -0.25) is 0 Å². The molecule has 0 aromatic heterocycles. The molecule has 88 valence electrons. The van der Waals surface area contributed by atoms with E-state index < -0.39 is 0 Å². The molecule has 0 radical (unpaired) electrons. The normalized spacial score (nSPS) is 19.5. The summed E-state index contributed by atoms with van der Waals surface area (Å²) in [6.07, 6.45) is 3.56. The highest BCUT2D eigenvalue weighted by atomic mass is 35.5. The van der Waals surface area contributed by atoms with Gasteiger partial charge in [0.15, 0.2) is 0 Å². The van der Waals surface area contributed by atoms with Gasteiger partial charge in [0.05, 0.1) is 0 Å². The summed E-state index contributed by atoms with van der Waals surface area (Å²) < 4.78 is 13.0. The molecule has 0 aliphatic heterocycles. The van der Waals surface area contributed by atoms with Crippen LogP contribution in [0.5, 0.6) is 0 Å². The van der Waals surface area contributed by atoms with E-state index in [2.05, 4.69) is 6.92 Å². The largest absolute Gasteiger partial charge is 0.207 e. The van der Waals surface area contributed by atoms with Crippen LogP contribution in [0.2, 0.25) is 0 Å². The number of aryl methyl sites for hydroxylation is 1. The number of hydrogen-bond donors (Lipinski definition) is 0. The molecule has 0 bridgehead atoms. The van der Waals surface area contributed by atoms with Gasteiger partial charge in [-0.05, 0) is 60.8 Å². The molecule has 0 spiro atoms. The van der Waals surface area contributed by atoms with Gasteiger partial charge in [-0.1, -0.05) is 13.0 Å². The first-order valence-electron chi connectivity index (χ1n) is 5.86. The topological polar surface area (TPSA) is 0 Å². The minimum Gasteiger partial charge on any atom is -0.207 e. The van der Waals surface area contributed by atoms with Crippen LogP contribution in [0.4, 0.5) is 4.39 Å². The van der Waals surface area contributed by atoms with Gasteiger partial charge in [-0.25, -0.2) is 4.39 Å². The number of halogens is 2. The van der Waals surface area contributed by atoms with E-state index in [0.717, 1.165) is 17.9 Å². The average molecular weight is 241 g/mol. The molecule has 0 saturated heterocycles. The molecule has 1 atom stereocenters. The molecule has 1 aliphatic rings. The van der Waals surface area contributed by atoms with Gasteiger partial charge < -0.3 is 0 Å². The lowest BCUT2D eigenvalue weighted by Gasteiger charge is -2.28. The maximum absolute atomic E-state index is 13.0. The fourth-order valence-corrected chi connectivity index (χ4v) is 2.69. The molecule has 1 fully saturated rings. The Morgan fingerprint density at radius 1 is 1.44 bits per heavy atom. The summed E-state index contributed by atoms with van der Waals surface area (Å²) in [4.78, 5) is 0. The highest BCUT2D eigenvalue weighted by Crippen LogP contribution is 2.48. The van der Waals surface area contributed by atoms with E-state index in [-0.39, 0.29) is 11.2 Å². The van der Waals surface area contributed by atoms with Crippen LogP contribution in [0.15, 0.2) is 18.2 Å². The Balaban J connectivity index is 2.18. The van der Waals surface area contributed by atoms with Gasteiger partial charge >= 0.3 is 0 Å². The minimum absolute atomic E-state index is 0.153. The van der Waals surface area contributed by atoms with Gasteiger partial charge in [0.25, 0.3) is 0 Å². The van der Waals surface area contributed by atoms with E-state index in [0.29, 0.717) is 5.88 Å². The van der Waals surface area contributed by atoms with Crippen LogP contribution in [-0.2, 0) is 6.42 Å². The molecule has 1 unspecified atom stereocenters. The number of benzene rings is 1. The second kappa shape index (κ2) is 4.37. The Kier molecular flexibility index (Phi) is 3.25. The lowest BCUT2D eigenvalue weighted by Crippen LogP contribution is -2.24. The third-order valence-electron chi connectivity index (χ3n) is 3.77. The zero-order valence-electron chi connectivity index (χ0n) is 9.89. The molecule has 1 aromatic carbocycles. The van der Waals surface area contributed by atoms with Crippen LogP contribution in [0.25, 0.3) is 0 Å².